The number of rotatable bonds is 14. The number of carboxylic acid groups (broad SMARTS) is 2. The highest BCUT2D eigenvalue weighted by molar-refractivity contribution is 7.87. The van der Waals surface area contributed by atoms with Crippen LogP contribution in [0.3, 0.4) is 0 Å². The summed E-state index contributed by atoms with van der Waals surface area (Å²) >= 11 is 0. The molecule has 11 heteroatoms. The molecule has 1 unspecified atom stereocenters. The van der Waals surface area contributed by atoms with Crippen LogP contribution in [0.5, 0.6) is 0 Å². The SMILES string of the molecule is CCCCCCCCC=CC(=O)NCCO.O=C(O)CC(C(=O)O)S(=O)(=O)O. The molecule has 0 aliphatic heterocycles. The van der Waals surface area contributed by atoms with E-state index in [-0.39, 0.29) is 12.5 Å². The molecule has 1 atom stereocenters. The van der Waals surface area contributed by atoms with E-state index in [4.69, 9.17) is 19.9 Å². The molecule has 10 nitrogen and oxygen atoms in total. The van der Waals surface area contributed by atoms with E-state index in [9.17, 15) is 22.8 Å². The van der Waals surface area contributed by atoms with Crippen LogP contribution in [-0.2, 0) is 24.5 Å². The molecule has 5 N–H and O–H groups in total. The Kier molecular flexibility index (Phi) is 17.3. The van der Waals surface area contributed by atoms with E-state index in [0.29, 0.717) is 6.54 Å². The van der Waals surface area contributed by atoms with E-state index in [1.54, 1.807) is 6.08 Å². The van der Waals surface area contributed by atoms with E-state index in [1.165, 1.54) is 32.1 Å². The molecule has 164 valence electrons. The average Bonchev–Trinajstić information content (AvgIpc) is 2.59. The molecule has 0 rings (SSSR count). The quantitative estimate of drug-likeness (QED) is 0.155. The van der Waals surface area contributed by atoms with Gasteiger partial charge in [0, 0.05) is 6.54 Å². The Bertz CT molecular complexity index is 587. The smallest absolute Gasteiger partial charge is 0.325 e. The first-order valence-electron chi connectivity index (χ1n) is 9.02. The average molecular weight is 426 g/mol. The number of amides is 1. The lowest BCUT2D eigenvalue weighted by Gasteiger charge is -2.04. The van der Waals surface area contributed by atoms with Crippen LogP contribution in [0, 0.1) is 0 Å². The number of allylic oxidation sites excluding steroid dienone is 1. The molecule has 0 spiro atoms. The van der Waals surface area contributed by atoms with E-state index >= 15 is 0 Å². The third kappa shape index (κ3) is 18.8. The van der Waals surface area contributed by atoms with Crippen molar-refractivity contribution in [3.63, 3.8) is 0 Å². The minimum absolute atomic E-state index is 0.00297. The Morgan fingerprint density at radius 1 is 1.04 bits per heavy atom. The van der Waals surface area contributed by atoms with Crippen molar-refractivity contribution < 1.29 is 42.7 Å². The predicted octanol–water partition coefficient (Wildman–Crippen LogP) is 1.20. The predicted molar refractivity (Wildman–Crippen MR) is 102 cm³/mol. The highest BCUT2D eigenvalue weighted by Gasteiger charge is 2.33. The number of carboxylic acids is 2. The summed E-state index contributed by atoms with van der Waals surface area (Å²) < 4.78 is 28.7. The maximum atomic E-state index is 11.1. The van der Waals surface area contributed by atoms with Gasteiger partial charge in [0.2, 0.25) is 5.91 Å². The molecule has 0 aromatic rings. The van der Waals surface area contributed by atoms with Crippen LogP contribution < -0.4 is 5.32 Å². The van der Waals surface area contributed by atoms with Crippen molar-refractivity contribution in [3.8, 4) is 0 Å². The molecule has 0 aromatic heterocycles. The van der Waals surface area contributed by atoms with Gasteiger partial charge in [-0.1, -0.05) is 45.1 Å². The molecule has 0 saturated heterocycles. The zero-order valence-electron chi connectivity index (χ0n) is 16.0. The fourth-order valence-electron chi connectivity index (χ4n) is 1.95. The molecule has 28 heavy (non-hydrogen) atoms. The van der Waals surface area contributed by atoms with Gasteiger partial charge >= 0.3 is 11.9 Å². The number of nitrogens with one attached hydrogen (secondary N) is 1. The normalized spacial score (nSPS) is 12.1. The van der Waals surface area contributed by atoms with Crippen LogP contribution in [0.4, 0.5) is 0 Å². The van der Waals surface area contributed by atoms with Crippen LogP contribution >= 0.6 is 0 Å². The maximum Gasteiger partial charge on any atom is 0.325 e. The Balaban J connectivity index is 0. The van der Waals surface area contributed by atoms with Crippen molar-refractivity contribution in [2.24, 2.45) is 0 Å². The topological polar surface area (TPSA) is 178 Å². The second-order valence-electron chi connectivity index (χ2n) is 5.91. The van der Waals surface area contributed by atoms with Crippen LogP contribution in [0.25, 0.3) is 0 Å². The second-order valence-corrected chi connectivity index (χ2v) is 7.51. The van der Waals surface area contributed by atoms with Gasteiger partial charge in [-0.3, -0.25) is 18.9 Å². The molecule has 0 radical (unpaired) electrons. The van der Waals surface area contributed by atoms with Crippen LogP contribution in [0.15, 0.2) is 12.2 Å². The molecular weight excluding hydrogens is 394 g/mol. The maximum absolute atomic E-state index is 11.1. The highest BCUT2D eigenvalue weighted by atomic mass is 32.2. The van der Waals surface area contributed by atoms with E-state index in [0.717, 1.165) is 12.8 Å². The van der Waals surface area contributed by atoms with Crippen molar-refractivity contribution in [2.45, 2.75) is 63.5 Å². The number of aliphatic hydroxyl groups excluding tert-OH is 1. The van der Waals surface area contributed by atoms with Crippen LogP contribution in [0.2, 0.25) is 0 Å². The lowest BCUT2D eigenvalue weighted by Crippen LogP contribution is -2.31. The van der Waals surface area contributed by atoms with Gasteiger partial charge in [-0.15, -0.1) is 0 Å². The van der Waals surface area contributed by atoms with Gasteiger partial charge in [-0.25, -0.2) is 0 Å². The number of hydrogen-bond donors (Lipinski definition) is 5. The molecule has 0 aliphatic carbocycles. The van der Waals surface area contributed by atoms with Gasteiger partial charge in [0.15, 0.2) is 5.25 Å². The van der Waals surface area contributed by atoms with Crippen LogP contribution in [-0.4, -0.2) is 64.5 Å². The Hall–Kier alpha value is -1.98. The lowest BCUT2D eigenvalue weighted by atomic mass is 10.1. The molecule has 0 fully saturated rings. The molecule has 0 heterocycles. The Morgan fingerprint density at radius 2 is 1.61 bits per heavy atom. The van der Waals surface area contributed by atoms with Gasteiger partial charge in [-0.2, -0.15) is 8.42 Å². The summed E-state index contributed by atoms with van der Waals surface area (Å²) in [6.07, 6.45) is 10.9. The Labute approximate surface area is 165 Å². The first-order chi connectivity index (χ1) is 13.1. The monoisotopic (exact) mass is 425 g/mol. The van der Waals surface area contributed by atoms with Gasteiger partial charge in [-0.05, 0) is 18.9 Å². The van der Waals surface area contributed by atoms with Gasteiger partial charge < -0.3 is 20.6 Å². The summed E-state index contributed by atoms with van der Waals surface area (Å²) in [6.45, 7) is 2.55. The Morgan fingerprint density at radius 3 is 2.04 bits per heavy atom. The van der Waals surface area contributed by atoms with Gasteiger partial charge in [0.05, 0.1) is 13.0 Å². The molecular formula is C17H31NO9S. The van der Waals surface area contributed by atoms with Gasteiger partial charge in [0.1, 0.15) is 0 Å². The summed E-state index contributed by atoms with van der Waals surface area (Å²) in [5.74, 6) is -3.61. The molecule has 0 aliphatic rings. The summed E-state index contributed by atoms with van der Waals surface area (Å²) in [6, 6.07) is 0. The molecule has 1 amide bonds. The van der Waals surface area contributed by atoms with Crippen molar-refractivity contribution in [2.75, 3.05) is 13.2 Å². The van der Waals surface area contributed by atoms with Crippen molar-refractivity contribution in [3.05, 3.63) is 12.2 Å². The number of aliphatic hydroxyl groups is 1. The summed E-state index contributed by atoms with van der Waals surface area (Å²) in [5.41, 5.74) is 0. The largest absolute Gasteiger partial charge is 0.481 e. The van der Waals surface area contributed by atoms with Crippen molar-refractivity contribution in [1.82, 2.24) is 5.32 Å². The first kappa shape index (κ1) is 28.2. The second kappa shape index (κ2) is 17.1. The minimum atomic E-state index is -4.84. The molecule has 0 saturated carbocycles. The van der Waals surface area contributed by atoms with Crippen molar-refractivity contribution >= 4 is 28.0 Å². The number of hydrogen-bond acceptors (Lipinski definition) is 6. The lowest BCUT2D eigenvalue weighted by molar-refractivity contribution is -0.143. The fraction of sp³-hybridized carbons (Fsp3) is 0.706. The third-order valence-electron chi connectivity index (χ3n) is 3.40. The fourth-order valence-corrected chi connectivity index (χ4v) is 2.56. The molecule has 0 bridgehead atoms. The zero-order valence-corrected chi connectivity index (χ0v) is 16.9. The number of unbranched alkanes of at least 4 members (excludes halogenated alkanes) is 6. The summed E-state index contributed by atoms with van der Waals surface area (Å²) in [5, 5.41) is 25.0. The minimum Gasteiger partial charge on any atom is -0.481 e. The van der Waals surface area contributed by atoms with E-state index < -0.39 is 33.7 Å². The summed E-state index contributed by atoms with van der Waals surface area (Å²) in [4.78, 5) is 31.1. The zero-order chi connectivity index (χ0) is 22.0. The highest BCUT2D eigenvalue weighted by Crippen LogP contribution is 2.07. The standard InChI is InChI=1S/C13H25NO2.C4H6O7S/c1-2-3-4-5-6-7-8-9-10-13(16)14-11-12-15;5-3(6)1-2(4(7)8)12(9,10)11/h9-10,15H,2-8,11-12H2,1H3,(H,14,16);2H,1H2,(H,5,6)(H,7,8)(H,9,10,11). The number of carbonyl (C=O) groups excluding carboxylic acids is 1. The van der Waals surface area contributed by atoms with Crippen LogP contribution in [0.1, 0.15) is 58.3 Å². The van der Waals surface area contributed by atoms with E-state index in [2.05, 4.69) is 12.2 Å². The summed E-state index contributed by atoms with van der Waals surface area (Å²) in [7, 11) is -4.84. The third-order valence-corrected chi connectivity index (χ3v) is 4.49. The molecule has 0 aromatic carbocycles. The number of carbonyl (C=O) groups is 3. The van der Waals surface area contributed by atoms with E-state index in [1.807, 2.05) is 6.08 Å². The van der Waals surface area contributed by atoms with Gasteiger partial charge in [0.25, 0.3) is 10.1 Å². The number of aliphatic carboxylic acids is 2. The first-order valence-corrected chi connectivity index (χ1v) is 10.5. The van der Waals surface area contributed by atoms with Crippen molar-refractivity contribution in [1.29, 1.82) is 0 Å².